The highest BCUT2D eigenvalue weighted by molar-refractivity contribution is 5.67. The average Bonchev–Trinajstić information content (AvgIpc) is 2.38. The number of hydrogen-bond donors (Lipinski definition) is 0. The van der Waals surface area contributed by atoms with Crippen molar-refractivity contribution in [1.82, 2.24) is 4.57 Å². The summed E-state index contributed by atoms with van der Waals surface area (Å²) in [7, 11) is 0. The van der Waals surface area contributed by atoms with Gasteiger partial charge in [-0.25, -0.2) is 0 Å². The van der Waals surface area contributed by atoms with E-state index in [-0.39, 0.29) is 5.56 Å². The topological polar surface area (TPSA) is 22.0 Å². The van der Waals surface area contributed by atoms with Crippen LogP contribution in [0.2, 0.25) is 0 Å². The molecule has 2 aromatic rings. The molecular formula is C14H10F3NO. The van der Waals surface area contributed by atoms with Crippen LogP contribution in [0.3, 0.4) is 0 Å². The second-order valence-corrected chi connectivity index (χ2v) is 3.94. The maximum Gasteiger partial charge on any atom is 0.416 e. The Kier molecular flexibility index (Phi) is 3.29. The van der Waals surface area contributed by atoms with E-state index in [4.69, 9.17) is 0 Å². The number of para-hydroxylation sites is 1. The zero-order valence-electron chi connectivity index (χ0n) is 9.82. The highest BCUT2D eigenvalue weighted by atomic mass is 19.4. The van der Waals surface area contributed by atoms with Crippen LogP contribution < -0.4 is 5.56 Å². The van der Waals surface area contributed by atoms with Gasteiger partial charge in [-0.3, -0.25) is 9.36 Å². The van der Waals surface area contributed by atoms with Gasteiger partial charge in [0.2, 0.25) is 0 Å². The molecule has 98 valence electrons. The fraction of sp³-hybridized carbons (Fsp3) is 0.0714. The Balaban J connectivity index is 2.53. The highest BCUT2D eigenvalue weighted by Gasteiger charge is 2.33. The fourth-order valence-corrected chi connectivity index (χ4v) is 1.62. The van der Waals surface area contributed by atoms with Gasteiger partial charge in [0.25, 0.3) is 5.56 Å². The Morgan fingerprint density at radius 2 is 1.68 bits per heavy atom. The van der Waals surface area contributed by atoms with Crippen LogP contribution in [0.4, 0.5) is 13.2 Å². The third kappa shape index (κ3) is 2.76. The fourth-order valence-electron chi connectivity index (χ4n) is 1.62. The summed E-state index contributed by atoms with van der Waals surface area (Å²) in [4.78, 5) is 11.7. The number of hydrogen-bond acceptors (Lipinski definition) is 1. The predicted octanol–water partition coefficient (Wildman–Crippen LogP) is 3.41. The molecule has 0 saturated heterocycles. The van der Waals surface area contributed by atoms with E-state index in [2.05, 4.69) is 6.58 Å². The third-order valence-electron chi connectivity index (χ3n) is 2.64. The van der Waals surface area contributed by atoms with Crippen molar-refractivity contribution in [2.75, 3.05) is 0 Å². The SMILES string of the molecule is C=C(c1ccc(=O)n(-c2ccccc2)c1)C(F)(F)F. The Morgan fingerprint density at radius 1 is 1.05 bits per heavy atom. The molecule has 0 amide bonds. The van der Waals surface area contributed by atoms with Crippen LogP contribution in [0, 0.1) is 0 Å². The van der Waals surface area contributed by atoms with E-state index >= 15 is 0 Å². The van der Waals surface area contributed by atoms with Gasteiger partial charge in [0, 0.05) is 23.5 Å². The Morgan fingerprint density at radius 3 is 2.26 bits per heavy atom. The Bertz CT molecular complexity index is 656. The maximum atomic E-state index is 12.6. The van der Waals surface area contributed by atoms with Crippen molar-refractivity contribution < 1.29 is 13.2 Å². The number of alkyl halides is 3. The van der Waals surface area contributed by atoms with Crippen LogP contribution in [0.1, 0.15) is 5.56 Å². The molecule has 0 bridgehead atoms. The first-order valence-corrected chi connectivity index (χ1v) is 5.44. The van der Waals surface area contributed by atoms with Gasteiger partial charge in [0.1, 0.15) is 0 Å². The number of pyridine rings is 1. The minimum Gasteiger partial charge on any atom is -0.284 e. The summed E-state index contributed by atoms with van der Waals surface area (Å²) < 4.78 is 38.9. The molecule has 0 N–H and O–H groups in total. The van der Waals surface area contributed by atoms with Crippen LogP contribution in [-0.4, -0.2) is 10.7 Å². The van der Waals surface area contributed by atoms with Crippen LogP contribution in [0.5, 0.6) is 0 Å². The molecule has 0 unspecified atom stereocenters. The Hall–Kier alpha value is -2.30. The summed E-state index contributed by atoms with van der Waals surface area (Å²) in [6.07, 6.45) is -3.37. The maximum absolute atomic E-state index is 12.6. The minimum absolute atomic E-state index is 0.129. The number of aromatic nitrogens is 1. The summed E-state index contributed by atoms with van der Waals surface area (Å²) in [5.74, 6) is 0. The summed E-state index contributed by atoms with van der Waals surface area (Å²) in [6, 6.07) is 10.7. The molecule has 1 aromatic carbocycles. The molecule has 5 heteroatoms. The molecule has 1 heterocycles. The summed E-state index contributed by atoms with van der Waals surface area (Å²) in [5, 5.41) is 0. The molecule has 0 atom stereocenters. The number of allylic oxidation sites excluding steroid dienone is 1. The summed E-state index contributed by atoms with van der Waals surface area (Å²) in [6.45, 7) is 3.02. The van der Waals surface area contributed by atoms with Crippen molar-refractivity contribution >= 4 is 5.57 Å². The molecule has 0 spiro atoms. The van der Waals surface area contributed by atoms with Crippen molar-refractivity contribution in [3.8, 4) is 5.69 Å². The normalized spacial score (nSPS) is 11.3. The quantitative estimate of drug-likeness (QED) is 0.815. The second-order valence-electron chi connectivity index (χ2n) is 3.94. The standard InChI is InChI=1S/C14H10F3NO/c1-10(14(15,16)17)11-7-8-13(19)18(9-11)12-5-3-2-4-6-12/h2-9H,1H2. The molecular weight excluding hydrogens is 255 g/mol. The van der Waals surface area contributed by atoms with Crippen molar-refractivity contribution in [2.45, 2.75) is 6.18 Å². The first-order chi connectivity index (χ1) is 8.89. The van der Waals surface area contributed by atoms with E-state index in [9.17, 15) is 18.0 Å². The molecule has 2 nitrogen and oxygen atoms in total. The molecule has 0 radical (unpaired) electrons. The zero-order chi connectivity index (χ0) is 14.0. The van der Waals surface area contributed by atoms with E-state index in [1.165, 1.54) is 0 Å². The monoisotopic (exact) mass is 265 g/mol. The second kappa shape index (κ2) is 4.76. The minimum atomic E-state index is -4.51. The number of nitrogens with zero attached hydrogens (tertiary/aromatic N) is 1. The van der Waals surface area contributed by atoms with E-state index in [0.29, 0.717) is 5.69 Å². The van der Waals surface area contributed by atoms with Crippen LogP contribution >= 0.6 is 0 Å². The molecule has 0 aliphatic rings. The van der Waals surface area contributed by atoms with E-state index < -0.39 is 17.3 Å². The number of benzene rings is 1. The van der Waals surface area contributed by atoms with Crippen LogP contribution in [0.25, 0.3) is 11.3 Å². The van der Waals surface area contributed by atoms with Gasteiger partial charge in [-0.1, -0.05) is 24.8 Å². The molecule has 19 heavy (non-hydrogen) atoms. The lowest BCUT2D eigenvalue weighted by Crippen LogP contribution is -2.18. The predicted molar refractivity (Wildman–Crippen MR) is 67.1 cm³/mol. The Labute approximate surface area is 107 Å². The van der Waals surface area contributed by atoms with Gasteiger partial charge in [0.15, 0.2) is 0 Å². The largest absolute Gasteiger partial charge is 0.416 e. The molecule has 0 fully saturated rings. The smallest absolute Gasteiger partial charge is 0.284 e. The highest BCUT2D eigenvalue weighted by Crippen LogP contribution is 2.31. The van der Waals surface area contributed by atoms with Crippen molar-refractivity contribution in [1.29, 1.82) is 0 Å². The first kappa shape index (κ1) is 13.1. The van der Waals surface area contributed by atoms with Gasteiger partial charge in [0.05, 0.1) is 5.57 Å². The van der Waals surface area contributed by atoms with E-state index in [0.717, 1.165) is 22.9 Å². The molecule has 0 aliphatic heterocycles. The average molecular weight is 265 g/mol. The van der Waals surface area contributed by atoms with E-state index in [1.807, 2.05) is 0 Å². The van der Waals surface area contributed by atoms with Crippen LogP contribution in [-0.2, 0) is 0 Å². The van der Waals surface area contributed by atoms with Gasteiger partial charge < -0.3 is 0 Å². The lowest BCUT2D eigenvalue weighted by molar-refractivity contribution is -0.0686. The number of halogens is 3. The first-order valence-electron chi connectivity index (χ1n) is 5.44. The summed E-state index contributed by atoms with van der Waals surface area (Å²) in [5.41, 5.74) is -0.998. The van der Waals surface area contributed by atoms with Gasteiger partial charge in [-0.15, -0.1) is 0 Å². The van der Waals surface area contributed by atoms with Gasteiger partial charge in [-0.05, 0) is 18.2 Å². The lowest BCUT2D eigenvalue weighted by Gasteiger charge is -2.12. The van der Waals surface area contributed by atoms with Crippen molar-refractivity contribution in [3.63, 3.8) is 0 Å². The van der Waals surface area contributed by atoms with Crippen molar-refractivity contribution in [3.05, 3.63) is 71.2 Å². The summed E-state index contributed by atoms with van der Waals surface area (Å²) >= 11 is 0. The van der Waals surface area contributed by atoms with Gasteiger partial charge >= 0.3 is 6.18 Å². The van der Waals surface area contributed by atoms with Crippen LogP contribution in [0.15, 0.2) is 60.0 Å². The van der Waals surface area contributed by atoms with Gasteiger partial charge in [-0.2, -0.15) is 13.2 Å². The molecule has 2 rings (SSSR count). The zero-order valence-corrected chi connectivity index (χ0v) is 9.82. The number of rotatable bonds is 2. The molecule has 1 aromatic heterocycles. The van der Waals surface area contributed by atoms with E-state index in [1.54, 1.807) is 30.3 Å². The molecule has 0 aliphatic carbocycles. The van der Waals surface area contributed by atoms with Crippen molar-refractivity contribution in [2.24, 2.45) is 0 Å². The lowest BCUT2D eigenvalue weighted by atomic mass is 10.1. The molecule has 0 saturated carbocycles. The third-order valence-corrected chi connectivity index (χ3v) is 2.64.